The largest absolute Gasteiger partial charge is 0.319 e. The van der Waals surface area contributed by atoms with Gasteiger partial charge in [0.2, 0.25) is 5.82 Å². The van der Waals surface area contributed by atoms with E-state index in [4.69, 9.17) is 0 Å². The van der Waals surface area contributed by atoms with Gasteiger partial charge in [-0.2, -0.15) is 0 Å². The van der Waals surface area contributed by atoms with Crippen LogP contribution in [0.3, 0.4) is 0 Å². The Balaban J connectivity index is 2.07. The predicted octanol–water partition coefficient (Wildman–Crippen LogP) is 2.12. The van der Waals surface area contributed by atoms with Crippen LogP contribution in [0.25, 0.3) is 0 Å². The summed E-state index contributed by atoms with van der Waals surface area (Å²) in [5.41, 5.74) is 1.82. The van der Waals surface area contributed by atoms with Gasteiger partial charge in [-0.1, -0.05) is 32.0 Å². The molecule has 0 saturated heterocycles. The number of rotatable bonds is 7. The molecule has 0 atom stereocenters. The molecule has 0 aliphatic carbocycles. The molecule has 0 bridgehead atoms. The second-order valence-electron chi connectivity index (χ2n) is 4.75. The quantitative estimate of drug-likeness (QED) is 0.728. The molecule has 6 heteroatoms. The lowest BCUT2D eigenvalue weighted by Gasteiger charge is -2.10. The second-order valence-corrected chi connectivity index (χ2v) is 4.75. The van der Waals surface area contributed by atoms with Crippen LogP contribution >= 0.6 is 0 Å². The van der Waals surface area contributed by atoms with Gasteiger partial charge in [0.15, 0.2) is 0 Å². The molecule has 2 aromatic rings. The topological polar surface area (TPSA) is 82.7 Å². The normalized spacial score (nSPS) is 10.6. The van der Waals surface area contributed by atoms with Crippen molar-refractivity contribution in [2.45, 2.75) is 33.2 Å². The van der Waals surface area contributed by atoms with Crippen molar-refractivity contribution in [2.24, 2.45) is 0 Å². The Hall–Kier alpha value is -2.21. The van der Waals surface area contributed by atoms with Crippen LogP contribution in [0.5, 0.6) is 0 Å². The number of hydrogen-bond donors (Lipinski definition) is 3. The van der Waals surface area contributed by atoms with E-state index in [0.717, 1.165) is 36.5 Å². The summed E-state index contributed by atoms with van der Waals surface area (Å²) in [4.78, 5) is 16.4. The van der Waals surface area contributed by atoms with Gasteiger partial charge in [0, 0.05) is 18.7 Å². The van der Waals surface area contributed by atoms with Crippen LogP contribution in [0.15, 0.2) is 24.3 Å². The van der Waals surface area contributed by atoms with Crippen molar-refractivity contribution < 1.29 is 4.79 Å². The molecule has 0 spiro atoms. The third-order valence-corrected chi connectivity index (χ3v) is 3.05. The molecule has 21 heavy (non-hydrogen) atoms. The van der Waals surface area contributed by atoms with E-state index in [0.29, 0.717) is 6.54 Å². The number of anilines is 1. The van der Waals surface area contributed by atoms with Crippen LogP contribution in [0, 0.1) is 0 Å². The number of nitrogens with one attached hydrogen (secondary N) is 3. The van der Waals surface area contributed by atoms with Gasteiger partial charge >= 0.3 is 0 Å². The maximum Gasteiger partial charge on any atom is 0.295 e. The van der Waals surface area contributed by atoms with Gasteiger partial charge < -0.3 is 10.6 Å². The molecule has 112 valence electrons. The van der Waals surface area contributed by atoms with E-state index in [1.807, 2.05) is 31.2 Å². The molecule has 0 saturated carbocycles. The summed E-state index contributed by atoms with van der Waals surface area (Å²) in [6.07, 6.45) is 1.75. The average molecular weight is 287 g/mol. The van der Waals surface area contributed by atoms with Gasteiger partial charge in [-0.15, -0.1) is 5.10 Å². The second kappa shape index (κ2) is 7.54. The van der Waals surface area contributed by atoms with E-state index in [-0.39, 0.29) is 11.7 Å². The molecule has 0 aliphatic heterocycles. The molecule has 1 aromatic carbocycles. The molecule has 0 radical (unpaired) electrons. The van der Waals surface area contributed by atoms with Gasteiger partial charge in [0.1, 0.15) is 5.82 Å². The molecule has 3 N–H and O–H groups in total. The Morgan fingerprint density at radius 3 is 2.86 bits per heavy atom. The lowest BCUT2D eigenvalue weighted by molar-refractivity contribution is 0.101. The molecule has 6 nitrogen and oxygen atoms in total. The summed E-state index contributed by atoms with van der Waals surface area (Å²) in [7, 11) is 0. The summed E-state index contributed by atoms with van der Waals surface area (Å²) in [6.45, 7) is 5.69. The van der Waals surface area contributed by atoms with E-state index in [1.54, 1.807) is 0 Å². The number of carbonyl (C=O) groups is 1. The SMILES string of the molecule is CCCc1nc(C(=O)Nc2ccccc2CNCC)n[nH]1. The van der Waals surface area contributed by atoms with Gasteiger partial charge in [-0.25, -0.2) is 4.98 Å². The Kier molecular flexibility index (Phi) is 5.45. The zero-order valence-electron chi connectivity index (χ0n) is 12.4. The van der Waals surface area contributed by atoms with Crippen molar-refractivity contribution in [3.8, 4) is 0 Å². The number of amides is 1. The number of hydrogen-bond acceptors (Lipinski definition) is 4. The van der Waals surface area contributed by atoms with E-state index in [2.05, 4.69) is 32.7 Å². The van der Waals surface area contributed by atoms with Crippen LogP contribution < -0.4 is 10.6 Å². The first-order chi connectivity index (χ1) is 10.2. The van der Waals surface area contributed by atoms with Crippen LogP contribution in [-0.4, -0.2) is 27.6 Å². The van der Waals surface area contributed by atoms with Gasteiger partial charge in [0.25, 0.3) is 5.91 Å². The molecule has 2 rings (SSSR count). The fourth-order valence-electron chi connectivity index (χ4n) is 1.98. The Bertz CT molecular complexity index is 593. The number of nitrogens with zero attached hydrogens (tertiary/aromatic N) is 2. The van der Waals surface area contributed by atoms with Gasteiger partial charge in [0.05, 0.1) is 0 Å². The van der Waals surface area contributed by atoms with Crippen molar-refractivity contribution in [3.05, 3.63) is 41.5 Å². The van der Waals surface area contributed by atoms with Crippen molar-refractivity contribution in [2.75, 3.05) is 11.9 Å². The molecule has 1 heterocycles. The number of benzene rings is 1. The zero-order valence-corrected chi connectivity index (χ0v) is 12.4. The van der Waals surface area contributed by atoms with Crippen molar-refractivity contribution in [1.29, 1.82) is 0 Å². The highest BCUT2D eigenvalue weighted by molar-refractivity contribution is 6.01. The van der Waals surface area contributed by atoms with Crippen LogP contribution in [-0.2, 0) is 13.0 Å². The van der Waals surface area contributed by atoms with Crippen molar-refractivity contribution in [1.82, 2.24) is 20.5 Å². The highest BCUT2D eigenvalue weighted by atomic mass is 16.2. The summed E-state index contributed by atoms with van der Waals surface area (Å²) < 4.78 is 0. The molecule has 0 unspecified atom stereocenters. The maximum absolute atomic E-state index is 12.2. The Labute approximate surface area is 124 Å². The smallest absolute Gasteiger partial charge is 0.295 e. The van der Waals surface area contributed by atoms with Gasteiger partial charge in [-0.3, -0.25) is 9.89 Å². The number of H-pyrrole nitrogens is 1. The molecule has 1 aromatic heterocycles. The maximum atomic E-state index is 12.2. The summed E-state index contributed by atoms with van der Waals surface area (Å²) in [5.74, 6) is 0.623. The molecule has 0 fully saturated rings. The Morgan fingerprint density at radius 1 is 1.29 bits per heavy atom. The summed E-state index contributed by atoms with van der Waals surface area (Å²) in [5, 5.41) is 12.9. The third-order valence-electron chi connectivity index (χ3n) is 3.05. The molecule has 0 aliphatic rings. The van der Waals surface area contributed by atoms with E-state index in [9.17, 15) is 4.79 Å². The molecular formula is C15H21N5O. The first-order valence-electron chi connectivity index (χ1n) is 7.25. The standard InChI is InChI=1S/C15H21N5O/c1-3-7-13-18-14(20-19-13)15(21)17-12-9-6-5-8-11(12)10-16-4-2/h5-6,8-9,16H,3-4,7,10H2,1-2H3,(H,17,21)(H,18,19,20). The minimum atomic E-state index is -0.294. The number of para-hydroxylation sites is 1. The Morgan fingerprint density at radius 2 is 2.10 bits per heavy atom. The van der Waals surface area contributed by atoms with Crippen LogP contribution in [0.4, 0.5) is 5.69 Å². The minimum Gasteiger partial charge on any atom is -0.319 e. The van der Waals surface area contributed by atoms with E-state index >= 15 is 0 Å². The fourth-order valence-corrected chi connectivity index (χ4v) is 1.98. The highest BCUT2D eigenvalue weighted by Crippen LogP contribution is 2.15. The van der Waals surface area contributed by atoms with Crippen LogP contribution in [0.2, 0.25) is 0 Å². The van der Waals surface area contributed by atoms with E-state index in [1.165, 1.54) is 0 Å². The minimum absolute atomic E-state index is 0.178. The number of aryl methyl sites for hydroxylation is 1. The molecule has 1 amide bonds. The number of aromatic amines is 1. The van der Waals surface area contributed by atoms with Crippen molar-refractivity contribution in [3.63, 3.8) is 0 Å². The monoisotopic (exact) mass is 287 g/mol. The first-order valence-corrected chi connectivity index (χ1v) is 7.25. The average Bonchev–Trinajstić information content (AvgIpc) is 2.95. The summed E-state index contributed by atoms with van der Waals surface area (Å²) >= 11 is 0. The first kappa shape index (κ1) is 15.2. The number of carbonyl (C=O) groups excluding carboxylic acids is 1. The summed E-state index contributed by atoms with van der Waals surface area (Å²) in [6, 6.07) is 7.71. The van der Waals surface area contributed by atoms with Gasteiger partial charge in [-0.05, 0) is 24.6 Å². The van der Waals surface area contributed by atoms with Crippen molar-refractivity contribution >= 4 is 11.6 Å². The zero-order chi connectivity index (χ0) is 15.1. The van der Waals surface area contributed by atoms with E-state index < -0.39 is 0 Å². The van der Waals surface area contributed by atoms with Crippen LogP contribution in [0.1, 0.15) is 42.3 Å². The third kappa shape index (κ3) is 4.13. The highest BCUT2D eigenvalue weighted by Gasteiger charge is 2.13. The molecular weight excluding hydrogens is 266 g/mol. The fraction of sp³-hybridized carbons (Fsp3) is 0.400. The lowest BCUT2D eigenvalue weighted by Crippen LogP contribution is -2.18. The predicted molar refractivity (Wildman–Crippen MR) is 82.2 cm³/mol. The lowest BCUT2D eigenvalue weighted by atomic mass is 10.1. The number of aromatic nitrogens is 3.